The standard InChI is InChI=1S/C6H9NO6.Mg.Na.3H/c8-4(9)1-7(2-5(10)11)3-6(12)13;;;;;/h1-3H2,(H,8,9)(H,10,11)(H,12,13);;;;;. The first-order chi connectivity index (χ1) is 5.91. The average Bonchev–Trinajstić information content (AvgIpc) is 1.80. The van der Waals surface area contributed by atoms with Crippen LogP contribution in [0.15, 0.2) is 0 Å². The molecule has 0 aromatic heterocycles. The van der Waals surface area contributed by atoms with Crippen molar-refractivity contribution in [1.82, 2.24) is 4.90 Å². The second kappa shape index (κ2) is 10.6. The molecule has 0 heterocycles. The first-order valence-electron chi connectivity index (χ1n) is 3.29. The molecule has 15 heavy (non-hydrogen) atoms. The molecule has 0 rings (SSSR count). The zero-order valence-electron chi connectivity index (χ0n) is 6.63. The van der Waals surface area contributed by atoms with Crippen molar-refractivity contribution in [1.29, 1.82) is 0 Å². The van der Waals surface area contributed by atoms with E-state index in [4.69, 9.17) is 15.3 Å². The predicted octanol–water partition coefficient (Wildman–Crippen LogP) is -3.02. The molecule has 9 heteroatoms. The van der Waals surface area contributed by atoms with E-state index in [0.29, 0.717) is 0 Å². The Kier molecular flexibility index (Phi) is 14.6. The first-order valence-corrected chi connectivity index (χ1v) is 3.29. The Morgan fingerprint density at radius 3 is 1.13 bits per heavy atom. The minimum absolute atomic E-state index is 0. The summed E-state index contributed by atoms with van der Waals surface area (Å²) in [6.45, 7) is -1.80. The van der Waals surface area contributed by atoms with Crippen molar-refractivity contribution in [2.24, 2.45) is 0 Å². The summed E-state index contributed by atoms with van der Waals surface area (Å²) in [5.74, 6) is -3.78. The minimum atomic E-state index is -1.26. The van der Waals surface area contributed by atoms with Crippen LogP contribution in [0.3, 0.4) is 0 Å². The number of rotatable bonds is 6. The second-order valence-electron chi connectivity index (χ2n) is 2.33. The molecule has 0 saturated heterocycles. The third kappa shape index (κ3) is 14.1. The Morgan fingerprint density at radius 2 is 1.00 bits per heavy atom. The SMILES string of the molecule is O=C(O)CN(CC(=O)O)CC(=O)O.[MgH2].[NaH]. The molecule has 0 amide bonds. The van der Waals surface area contributed by atoms with Crippen molar-refractivity contribution in [3.8, 4) is 0 Å². The summed E-state index contributed by atoms with van der Waals surface area (Å²) in [4.78, 5) is 31.2. The van der Waals surface area contributed by atoms with Crippen molar-refractivity contribution >= 4 is 70.5 Å². The Balaban J connectivity index is -0.000000720. The number of hydrogen-bond acceptors (Lipinski definition) is 4. The Labute approximate surface area is 124 Å². The molecule has 0 spiro atoms. The number of hydrogen-bond donors (Lipinski definition) is 3. The molecule has 0 aromatic rings. The van der Waals surface area contributed by atoms with E-state index in [0.717, 1.165) is 4.90 Å². The van der Waals surface area contributed by atoms with E-state index in [1.807, 2.05) is 0 Å². The molecular weight excluding hydrogens is 229 g/mol. The van der Waals surface area contributed by atoms with E-state index in [2.05, 4.69) is 0 Å². The van der Waals surface area contributed by atoms with Crippen LogP contribution < -0.4 is 0 Å². The van der Waals surface area contributed by atoms with Gasteiger partial charge in [-0.1, -0.05) is 0 Å². The van der Waals surface area contributed by atoms with Crippen molar-refractivity contribution in [3.05, 3.63) is 0 Å². The number of carbonyl (C=O) groups is 3. The monoisotopic (exact) mass is 241 g/mol. The van der Waals surface area contributed by atoms with Crippen molar-refractivity contribution in [3.63, 3.8) is 0 Å². The number of carboxylic acids is 3. The number of nitrogens with zero attached hydrogens (tertiary/aromatic N) is 1. The van der Waals surface area contributed by atoms with E-state index in [-0.39, 0.29) is 52.6 Å². The summed E-state index contributed by atoms with van der Waals surface area (Å²) in [5.41, 5.74) is 0. The van der Waals surface area contributed by atoms with Crippen LogP contribution in [0.2, 0.25) is 0 Å². The third-order valence-corrected chi connectivity index (χ3v) is 1.08. The molecule has 0 bridgehead atoms. The van der Waals surface area contributed by atoms with Gasteiger partial charge in [-0.2, -0.15) is 0 Å². The zero-order chi connectivity index (χ0) is 10.4. The van der Waals surface area contributed by atoms with Gasteiger partial charge in [-0.15, -0.1) is 0 Å². The van der Waals surface area contributed by atoms with Gasteiger partial charge in [0.2, 0.25) is 0 Å². The van der Waals surface area contributed by atoms with Crippen LogP contribution in [0.1, 0.15) is 0 Å². The predicted molar refractivity (Wildman–Crippen MR) is 55.0 cm³/mol. The van der Waals surface area contributed by atoms with Crippen LogP contribution in [0, 0.1) is 0 Å². The summed E-state index contributed by atoms with van der Waals surface area (Å²) < 4.78 is 0. The third-order valence-electron chi connectivity index (χ3n) is 1.08. The fraction of sp³-hybridized carbons (Fsp3) is 0.500. The van der Waals surface area contributed by atoms with E-state index >= 15 is 0 Å². The van der Waals surface area contributed by atoms with Gasteiger partial charge in [-0.05, 0) is 0 Å². The summed E-state index contributed by atoms with van der Waals surface area (Å²) in [6, 6.07) is 0. The van der Waals surface area contributed by atoms with Gasteiger partial charge in [0, 0.05) is 0 Å². The van der Waals surface area contributed by atoms with Crippen molar-refractivity contribution < 1.29 is 29.7 Å². The fourth-order valence-corrected chi connectivity index (χ4v) is 0.742. The fourth-order valence-electron chi connectivity index (χ4n) is 0.742. The van der Waals surface area contributed by atoms with Crippen molar-refractivity contribution in [2.45, 2.75) is 0 Å². The average molecular weight is 241 g/mol. The quantitative estimate of drug-likeness (QED) is 0.424. The van der Waals surface area contributed by atoms with Gasteiger partial charge in [-0.25, -0.2) is 0 Å². The molecule has 3 N–H and O–H groups in total. The van der Waals surface area contributed by atoms with Gasteiger partial charge in [0.25, 0.3) is 0 Å². The first kappa shape index (κ1) is 20.5. The molecule has 0 aliphatic carbocycles. The van der Waals surface area contributed by atoms with E-state index in [1.165, 1.54) is 0 Å². The molecule has 0 unspecified atom stereocenters. The van der Waals surface area contributed by atoms with Gasteiger partial charge in [0.1, 0.15) is 0 Å². The van der Waals surface area contributed by atoms with E-state index in [9.17, 15) is 14.4 Å². The van der Waals surface area contributed by atoms with Gasteiger partial charge >= 0.3 is 70.5 Å². The molecule has 80 valence electrons. The van der Waals surface area contributed by atoms with Crippen molar-refractivity contribution in [2.75, 3.05) is 19.6 Å². The van der Waals surface area contributed by atoms with Gasteiger partial charge < -0.3 is 15.3 Å². The molecular formula is C6H12MgNNaO6. The van der Waals surface area contributed by atoms with Crippen LogP contribution >= 0.6 is 0 Å². The number of aliphatic carboxylic acids is 3. The number of carboxylic acid groups (broad SMARTS) is 3. The van der Waals surface area contributed by atoms with E-state index < -0.39 is 37.5 Å². The molecule has 0 aliphatic heterocycles. The van der Waals surface area contributed by atoms with Crippen LogP contribution in [0.25, 0.3) is 0 Å². The summed E-state index contributed by atoms with van der Waals surface area (Å²) in [5, 5.41) is 24.8. The molecule has 0 fully saturated rings. The van der Waals surface area contributed by atoms with Crippen LogP contribution in [0.4, 0.5) is 0 Å². The molecule has 0 aliphatic rings. The molecule has 7 nitrogen and oxygen atoms in total. The van der Waals surface area contributed by atoms with Crippen LogP contribution in [-0.2, 0) is 14.4 Å². The molecule has 0 radical (unpaired) electrons. The van der Waals surface area contributed by atoms with Gasteiger partial charge in [0.05, 0.1) is 19.6 Å². The molecule has 0 atom stereocenters. The Bertz CT molecular complexity index is 198. The zero-order valence-corrected chi connectivity index (χ0v) is 6.63. The second-order valence-corrected chi connectivity index (χ2v) is 2.33. The summed E-state index contributed by atoms with van der Waals surface area (Å²) in [6.07, 6.45) is 0. The topological polar surface area (TPSA) is 115 Å². The summed E-state index contributed by atoms with van der Waals surface area (Å²) >= 11 is 0. The summed E-state index contributed by atoms with van der Waals surface area (Å²) in [7, 11) is 0. The molecule has 0 aromatic carbocycles. The molecule has 0 saturated carbocycles. The Hall–Kier alpha value is 0.136. The van der Waals surface area contributed by atoms with Crippen LogP contribution in [0.5, 0.6) is 0 Å². The maximum absolute atomic E-state index is 10.1. The maximum atomic E-state index is 10.1. The van der Waals surface area contributed by atoms with Crippen LogP contribution in [-0.4, -0.2) is 110 Å². The Morgan fingerprint density at radius 1 is 0.800 bits per heavy atom. The normalized spacial score (nSPS) is 8.60. The van der Waals surface area contributed by atoms with Gasteiger partial charge in [-0.3, -0.25) is 19.3 Å². The van der Waals surface area contributed by atoms with Gasteiger partial charge in [0.15, 0.2) is 0 Å². The van der Waals surface area contributed by atoms with E-state index in [1.54, 1.807) is 0 Å².